The van der Waals surface area contributed by atoms with Crippen LogP contribution in [0.25, 0.3) is 11.4 Å². The van der Waals surface area contributed by atoms with Gasteiger partial charge in [-0.05, 0) is 56.1 Å². The van der Waals surface area contributed by atoms with Crippen molar-refractivity contribution in [2.24, 2.45) is 5.73 Å². The van der Waals surface area contributed by atoms with Crippen molar-refractivity contribution in [3.63, 3.8) is 0 Å². The van der Waals surface area contributed by atoms with Gasteiger partial charge < -0.3 is 21.0 Å². The van der Waals surface area contributed by atoms with Crippen molar-refractivity contribution < 1.29 is 4.79 Å². The summed E-state index contributed by atoms with van der Waals surface area (Å²) < 4.78 is 1.82. The van der Waals surface area contributed by atoms with Crippen LogP contribution in [-0.4, -0.2) is 50.8 Å². The van der Waals surface area contributed by atoms with E-state index < -0.39 is 6.03 Å². The number of urea groups is 1. The van der Waals surface area contributed by atoms with E-state index in [0.717, 1.165) is 42.7 Å². The highest BCUT2D eigenvalue weighted by molar-refractivity contribution is 5.89. The van der Waals surface area contributed by atoms with Crippen LogP contribution in [0.2, 0.25) is 0 Å². The summed E-state index contributed by atoms with van der Waals surface area (Å²) >= 11 is 0. The summed E-state index contributed by atoms with van der Waals surface area (Å²) in [5.41, 5.74) is 8.45. The highest BCUT2D eigenvalue weighted by atomic mass is 16.2. The van der Waals surface area contributed by atoms with E-state index in [-0.39, 0.29) is 5.56 Å². The van der Waals surface area contributed by atoms with Crippen LogP contribution in [0, 0.1) is 0 Å². The average molecular weight is 381 g/mol. The molecular weight excluding hydrogens is 358 g/mol. The maximum atomic E-state index is 11.9. The Labute approximate surface area is 161 Å². The molecule has 2 amide bonds. The van der Waals surface area contributed by atoms with Gasteiger partial charge in [-0.15, -0.1) is 0 Å². The summed E-state index contributed by atoms with van der Waals surface area (Å²) in [6, 6.07) is 5.25. The predicted molar refractivity (Wildman–Crippen MR) is 105 cm³/mol. The number of piperidine rings is 1. The molecule has 0 atom stereocenters. The highest BCUT2D eigenvalue weighted by Crippen LogP contribution is 2.36. The van der Waals surface area contributed by atoms with Crippen LogP contribution in [-0.2, 0) is 6.54 Å². The van der Waals surface area contributed by atoms with E-state index in [2.05, 4.69) is 32.3 Å². The molecule has 0 aliphatic carbocycles. The van der Waals surface area contributed by atoms with Gasteiger partial charge in [-0.1, -0.05) is 12.1 Å². The lowest BCUT2D eigenvalue weighted by Gasteiger charge is -2.31. The van der Waals surface area contributed by atoms with Gasteiger partial charge in [0.05, 0.1) is 6.54 Å². The third kappa shape index (κ3) is 3.48. The number of carbonyl (C=O) groups is 1. The number of likely N-dealkylation sites (tertiary alicyclic amines) is 1. The fraction of sp³-hybridized carbons (Fsp3) is 0.368. The first-order chi connectivity index (χ1) is 13.5. The van der Waals surface area contributed by atoms with E-state index >= 15 is 0 Å². The molecule has 4 rings (SSSR count). The van der Waals surface area contributed by atoms with Gasteiger partial charge in [0.1, 0.15) is 11.9 Å². The van der Waals surface area contributed by atoms with Crippen molar-refractivity contribution in [1.29, 1.82) is 0 Å². The molecule has 3 aliphatic rings. The fourth-order valence-corrected chi connectivity index (χ4v) is 3.98. The van der Waals surface area contributed by atoms with Gasteiger partial charge in [-0.25, -0.2) is 9.78 Å². The van der Waals surface area contributed by atoms with Gasteiger partial charge in [0, 0.05) is 11.9 Å². The Kier molecular flexibility index (Phi) is 4.82. The van der Waals surface area contributed by atoms with Crippen LogP contribution in [0.3, 0.4) is 0 Å². The number of nitrogens with zero attached hydrogens (tertiary/aromatic N) is 4. The van der Waals surface area contributed by atoms with Crippen molar-refractivity contribution in [3.8, 4) is 11.4 Å². The number of aromatic nitrogens is 4. The topological polar surface area (TPSA) is 122 Å². The summed E-state index contributed by atoms with van der Waals surface area (Å²) in [6.45, 7) is 2.50. The molecule has 9 heteroatoms. The Bertz CT molecular complexity index is 1020. The second-order valence-electron chi connectivity index (χ2n) is 7.22. The third-order valence-corrected chi connectivity index (χ3v) is 5.36. The highest BCUT2D eigenvalue weighted by Gasteiger charge is 2.25. The van der Waals surface area contributed by atoms with Crippen LogP contribution in [0.5, 0.6) is 0 Å². The standard InChI is InChI=1S/C19H23N7O2/c1-25-7-5-12(6-8-25)16-13(3-2-4-15(16)24-19(20)28)10-26-17-14(9-23-26)18(27)22-11-21-17/h2-4,9,11-12,23H,5-8,10H2,1H3,(H3,20,24,28). The summed E-state index contributed by atoms with van der Waals surface area (Å²) in [6.07, 6.45) is 4.91. The van der Waals surface area contributed by atoms with Crippen LogP contribution in [0.15, 0.2) is 35.5 Å². The lowest BCUT2D eigenvalue weighted by Crippen LogP contribution is -2.30. The van der Waals surface area contributed by atoms with Gasteiger partial charge in [0.25, 0.3) is 5.56 Å². The zero-order valence-electron chi connectivity index (χ0n) is 15.7. The number of H-pyrrole nitrogens is 1. The first kappa shape index (κ1) is 18.2. The number of benzene rings is 1. The number of aromatic amines is 1. The van der Waals surface area contributed by atoms with Crippen molar-refractivity contribution in [3.05, 3.63) is 52.2 Å². The molecule has 0 spiro atoms. The van der Waals surface area contributed by atoms with E-state index in [9.17, 15) is 9.59 Å². The number of nitrogens with two attached hydrogens (primary N) is 1. The summed E-state index contributed by atoms with van der Waals surface area (Å²) in [7, 11) is 2.12. The largest absolute Gasteiger partial charge is 0.351 e. The Morgan fingerprint density at radius 3 is 2.86 bits per heavy atom. The predicted octanol–water partition coefficient (Wildman–Crippen LogP) is 1.42. The van der Waals surface area contributed by atoms with Gasteiger partial charge in [0.15, 0.2) is 5.82 Å². The van der Waals surface area contributed by atoms with Gasteiger partial charge in [-0.3, -0.25) is 9.48 Å². The normalized spacial score (nSPS) is 15.8. The monoisotopic (exact) mass is 381 g/mol. The number of nitrogens with one attached hydrogen (secondary N) is 2. The van der Waals surface area contributed by atoms with Gasteiger partial charge >= 0.3 is 6.03 Å². The lowest BCUT2D eigenvalue weighted by atomic mass is 9.85. The SMILES string of the molecule is CN1CCC(c2c(Cn3[nH]cc4c(=O)ncnc3-4)cccc2NC(N)=O)CC1. The molecule has 1 aromatic rings. The second kappa shape index (κ2) is 7.43. The van der Waals surface area contributed by atoms with Crippen LogP contribution in [0.4, 0.5) is 10.5 Å². The molecule has 1 saturated heterocycles. The molecule has 3 heterocycles. The minimum Gasteiger partial charge on any atom is -0.351 e. The van der Waals surface area contributed by atoms with E-state index in [1.807, 2.05) is 22.9 Å². The van der Waals surface area contributed by atoms with Gasteiger partial charge in [0.2, 0.25) is 0 Å². The zero-order valence-corrected chi connectivity index (χ0v) is 15.7. The Morgan fingerprint density at radius 1 is 1.32 bits per heavy atom. The number of fused-ring (bicyclic) bond motifs is 1. The number of hydrogen-bond acceptors (Lipinski definition) is 5. The lowest BCUT2D eigenvalue weighted by molar-refractivity contribution is 0.254. The van der Waals surface area contributed by atoms with E-state index in [1.54, 1.807) is 6.20 Å². The molecule has 1 fully saturated rings. The summed E-state index contributed by atoms with van der Waals surface area (Å²) in [5.74, 6) is 0.878. The molecule has 4 N–H and O–H groups in total. The zero-order chi connectivity index (χ0) is 19.7. The summed E-state index contributed by atoms with van der Waals surface area (Å²) in [5, 5.41) is 5.87. The minimum absolute atomic E-state index is 0.306. The van der Waals surface area contributed by atoms with Gasteiger partial charge in [-0.2, -0.15) is 4.98 Å². The molecule has 0 saturated carbocycles. The van der Waals surface area contributed by atoms with E-state index in [4.69, 9.17) is 5.73 Å². The maximum absolute atomic E-state index is 11.9. The molecule has 0 radical (unpaired) electrons. The summed E-state index contributed by atoms with van der Waals surface area (Å²) in [4.78, 5) is 33.7. The first-order valence-corrected chi connectivity index (χ1v) is 9.28. The van der Waals surface area contributed by atoms with Crippen molar-refractivity contribution >= 4 is 11.7 Å². The first-order valence-electron chi connectivity index (χ1n) is 9.28. The Morgan fingerprint density at radius 2 is 2.11 bits per heavy atom. The molecule has 9 nitrogen and oxygen atoms in total. The Hall–Kier alpha value is -3.20. The number of carbonyl (C=O) groups excluding carboxylic acids is 1. The smallest absolute Gasteiger partial charge is 0.316 e. The maximum Gasteiger partial charge on any atom is 0.316 e. The molecule has 146 valence electrons. The fourth-order valence-electron chi connectivity index (χ4n) is 3.98. The molecule has 28 heavy (non-hydrogen) atoms. The third-order valence-electron chi connectivity index (χ3n) is 5.36. The van der Waals surface area contributed by atoms with Crippen molar-refractivity contribution in [2.45, 2.75) is 25.3 Å². The van der Waals surface area contributed by atoms with E-state index in [1.165, 1.54) is 6.33 Å². The van der Waals surface area contributed by atoms with E-state index in [0.29, 0.717) is 23.9 Å². The van der Waals surface area contributed by atoms with Crippen LogP contribution < -0.4 is 16.6 Å². The number of primary amides is 1. The Balaban J connectivity index is 1.73. The number of amides is 2. The quantitative estimate of drug-likeness (QED) is 0.631. The molecule has 0 bridgehead atoms. The molecule has 0 aromatic heterocycles. The number of rotatable bonds is 4. The molecule has 3 aliphatic heterocycles. The molecule has 0 unspecified atom stereocenters. The second-order valence-corrected chi connectivity index (χ2v) is 7.22. The minimum atomic E-state index is -0.576. The molecule has 1 aromatic carbocycles. The van der Waals surface area contributed by atoms with Crippen LogP contribution in [0.1, 0.15) is 29.9 Å². The average Bonchev–Trinajstić information content (AvgIpc) is 3.07. The van der Waals surface area contributed by atoms with Crippen molar-refractivity contribution in [2.75, 3.05) is 25.5 Å². The van der Waals surface area contributed by atoms with Crippen molar-refractivity contribution in [1.82, 2.24) is 24.6 Å². The van der Waals surface area contributed by atoms with Crippen LogP contribution >= 0.6 is 0 Å². The number of hydrogen-bond donors (Lipinski definition) is 3. The molecular formula is C19H23N7O2. The number of anilines is 1.